The highest BCUT2D eigenvalue weighted by atomic mass is 32.2. The molecule has 0 aromatic carbocycles. The van der Waals surface area contributed by atoms with Crippen LogP contribution in [0.2, 0.25) is 0 Å². The molecule has 1 aliphatic heterocycles. The third kappa shape index (κ3) is 5.03. The lowest BCUT2D eigenvalue weighted by atomic mass is 10.1. The van der Waals surface area contributed by atoms with Crippen LogP contribution in [0, 0.1) is 0 Å². The predicted molar refractivity (Wildman–Crippen MR) is 132 cm³/mol. The summed E-state index contributed by atoms with van der Waals surface area (Å²) in [5.74, 6) is 2.47. The molecule has 3 aromatic rings. The molecule has 3 aromatic heterocycles. The average molecular weight is 459 g/mol. The zero-order valence-electron chi connectivity index (χ0n) is 18.3. The van der Waals surface area contributed by atoms with Gasteiger partial charge in [0.05, 0.1) is 19.2 Å². The molecule has 6 nitrogen and oxygen atoms in total. The van der Waals surface area contributed by atoms with Crippen LogP contribution in [0.15, 0.2) is 40.1 Å². The Balaban J connectivity index is 1.33. The molecule has 0 saturated carbocycles. The summed E-state index contributed by atoms with van der Waals surface area (Å²) in [6, 6.07) is 8.19. The topological polar surface area (TPSA) is 68.3 Å². The second-order valence-corrected chi connectivity index (χ2v) is 10.3. The number of hydrogen-bond donors (Lipinski definition) is 3. The van der Waals surface area contributed by atoms with Crippen LogP contribution in [0.3, 0.4) is 0 Å². The largest absolute Gasteiger partial charge is 0.481 e. The summed E-state index contributed by atoms with van der Waals surface area (Å²) in [5.41, 5.74) is 4.06. The number of aromatic nitrogens is 2. The van der Waals surface area contributed by atoms with E-state index < -0.39 is 10.9 Å². The van der Waals surface area contributed by atoms with Gasteiger partial charge in [-0.1, -0.05) is 0 Å². The Morgan fingerprint density at radius 2 is 1.77 bits per heavy atom. The lowest BCUT2D eigenvalue weighted by Gasteiger charge is -2.15. The first kappa shape index (κ1) is 22.1. The van der Waals surface area contributed by atoms with Crippen molar-refractivity contribution in [3.8, 4) is 11.8 Å². The summed E-state index contributed by atoms with van der Waals surface area (Å²) in [7, 11) is 4.94. The molecule has 1 atom stereocenters. The number of nitrogens with one attached hydrogen (secondary N) is 2. The Morgan fingerprint density at radius 3 is 2.58 bits per heavy atom. The summed E-state index contributed by atoms with van der Waals surface area (Å²) in [6.45, 7) is 2.91. The highest BCUT2D eigenvalue weighted by Gasteiger charge is 2.22. The number of fused-ring (bicyclic) bond motifs is 2. The fraction of sp³-hybridized carbons (Fsp3) is 0.391. The van der Waals surface area contributed by atoms with Gasteiger partial charge in [-0.15, -0.1) is 11.3 Å². The van der Waals surface area contributed by atoms with Crippen LogP contribution in [-0.2, 0) is 6.42 Å². The lowest BCUT2D eigenvalue weighted by molar-refractivity contribution is 0.394. The normalized spacial score (nSPS) is 16.4. The number of thiol groups is 1. The van der Waals surface area contributed by atoms with E-state index in [-0.39, 0.29) is 0 Å². The zero-order chi connectivity index (χ0) is 21.6. The zero-order valence-corrected chi connectivity index (χ0v) is 20.0. The summed E-state index contributed by atoms with van der Waals surface area (Å²) < 4.78 is 10.6. The SMILES string of the molecule is CNCCC1=C[SH](CCNCCc2csc3nc(OC)ccc23)c2nc(OC)ccc21. The van der Waals surface area contributed by atoms with E-state index in [1.165, 1.54) is 27.1 Å². The molecule has 0 spiro atoms. The summed E-state index contributed by atoms with van der Waals surface area (Å²) in [5, 5.41) is 14.0. The van der Waals surface area contributed by atoms with Crippen molar-refractivity contribution in [2.24, 2.45) is 0 Å². The first-order chi connectivity index (χ1) is 15.2. The fourth-order valence-electron chi connectivity index (χ4n) is 3.77. The van der Waals surface area contributed by atoms with Crippen LogP contribution < -0.4 is 20.1 Å². The van der Waals surface area contributed by atoms with Crippen LogP contribution in [0.25, 0.3) is 15.8 Å². The molecular formula is C23H30N4O2S2. The van der Waals surface area contributed by atoms with Gasteiger partial charge in [-0.05, 0) is 72.8 Å². The van der Waals surface area contributed by atoms with Crippen molar-refractivity contribution in [1.29, 1.82) is 0 Å². The molecule has 0 radical (unpaired) electrons. The minimum Gasteiger partial charge on any atom is -0.481 e. The van der Waals surface area contributed by atoms with E-state index >= 15 is 0 Å². The quantitative estimate of drug-likeness (QED) is 0.299. The summed E-state index contributed by atoms with van der Waals surface area (Å²) in [6.07, 6.45) is 2.03. The predicted octanol–water partition coefficient (Wildman–Crippen LogP) is 3.86. The third-order valence-electron chi connectivity index (χ3n) is 5.44. The molecule has 1 aliphatic rings. The molecule has 0 amide bonds. The van der Waals surface area contributed by atoms with Crippen LogP contribution in [0.5, 0.6) is 11.8 Å². The van der Waals surface area contributed by atoms with Crippen molar-refractivity contribution in [3.63, 3.8) is 0 Å². The van der Waals surface area contributed by atoms with E-state index in [1.807, 2.05) is 19.2 Å². The highest BCUT2D eigenvalue weighted by molar-refractivity contribution is 8.20. The summed E-state index contributed by atoms with van der Waals surface area (Å²) >= 11 is 1.68. The maximum absolute atomic E-state index is 5.37. The van der Waals surface area contributed by atoms with Gasteiger partial charge < -0.3 is 20.1 Å². The van der Waals surface area contributed by atoms with Crippen molar-refractivity contribution < 1.29 is 9.47 Å². The maximum atomic E-state index is 5.37. The molecule has 166 valence electrons. The van der Waals surface area contributed by atoms with E-state index in [4.69, 9.17) is 14.5 Å². The van der Waals surface area contributed by atoms with E-state index in [0.717, 1.165) is 43.1 Å². The molecule has 4 heterocycles. The van der Waals surface area contributed by atoms with Crippen LogP contribution in [-0.4, -0.2) is 56.6 Å². The van der Waals surface area contributed by atoms with Gasteiger partial charge >= 0.3 is 0 Å². The second kappa shape index (κ2) is 10.5. The van der Waals surface area contributed by atoms with Gasteiger partial charge in [0.2, 0.25) is 11.8 Å². The number of methoxy groups -OCH3 is 2. The molecule has 1 unspecified atom stereocenters. The number of hydrogen-bond acceptors (Lipinski definition) is 7. The van der Waals surface area contributed by atoms with Crippen molar-refractivity contribution in [3.05, 3.63) is 46.2 Å². The first-order valence-corrected chi connectivity index (χ1v) is 13.0. The van der Waals surface area contributed by atoms with E-state index in [2.05, 4.69) is 38.5 Å². The minimum atomic E-state index is -0.400. The van der Waals surface area contributed by atoms with E-state index in [9.17, 15) is 0 Å². The van der Waals surface area contributed by atoms with Crippen molar-refractivity contribution in [2.45, 2.75) is 17.9 Å². The molecule has 0 saturated heterocycles. The molecule has 8 heteroatoms. The molecule has 0 aliphatic carbocycles. The smallest absolute Gasteiger partial charge is 0.214 e. The number of rotatable bonds is 11. The second-order valence-electron chi connectivity index (χ2n) is 7.39. The number of ether oxygens (including phenoxy) is 2. The average Bonchev–Trinajstić information content (AvgIpc) is 3.37. The van der Waals surface area contributed by atoms with Crippen LogP contribution in [0.4, 0.5) is 0 Å². The van der Waals surface area contributed by atoms with Gasteiger partial charge in [0.1, 0.15) is 4.83 Å². The standard InChI is InChI=1S/C23H30N4O2S2/c1-24-10-8-17-15-31(23-19(17)5-7-21(27-23)29-3)13-12-25-11-9-16-14-30-22-18(16)4-6-20(26-22)28-2/h4-7,14-15,24-25,31H,8-13H2,1-3H3. The lowest BCUT2D eigenvalue weighted by Crippen LogP contribution is -2.21. The molecular weight excluding hydrogens is 428 g/mol. The van der Waals surface area contributed by atoms with Crippen molar-refractivity contribution in [1.82, 2.24) is 20.6 Å². The van der Waals surface area contributed by atoms with Gasteiger partial charge in [0.25, 0.3) is 0 Å². The summed E-state index contributed by atoms with van der Waals surface area (Å²) in [4.78, 5) is 10.4. The highest BCUT2D eigenvalue weighted by Crippen LogP contribution is 2.49. The Hall–Kier alpha value is -2.13. The van der Waals surface area contributed by atoms with Crippen LogP contribution >= 0.6 is 22.2 Å². The fourth-order valence-corrected chi connectivity index (χ4v) is 6.99. The van der Waals surface area contributed by atoms with Gasteiger partial charge in [0.15, 0.2) is 0 Å². The number of thiophene rings is 1. The van der Waals surface area contributed by atoms with Gasteiger partial charge in [-0.25, -0.2) is 9.97 Å². The number of pyridine rings is 2. The maximum Gasteiger partial charge on any atom is 0.214 e. The van der Waals surface area contributed by atoms with Gasteiger partial charge in [-0.2, -0.15) is 10.9 Å². The van der Waals surface area contributed by atoms with Gasteiger partial charge in [0, 0.05) is 29.6 Å². The molecule has 0 fully saturated rings. The number of nitrogens with zero attached hydrogens (tertiary/aromatic N) is 2. The Morgan fingerprint density at radius 1 is 0.968 bits per heavy atom. The minimum absolute atomic E-state index is 0.400. The van der Waals surface area contributed by atoms with Crippen molar-refractivity contribution in [2.75, 3.05) is 46.7 Å². The third-order valence-corrected chi connectivity index (χ3v) is 8.59. The Kier molecular flexibility index (Phi) is 7.45. The monoisotopic (exact) mass is 458 g/mol. The van der Waals surface area contributed by atoms with Gasteiger partial charge in [-0.3, -0.25) is 0 Å². The first-order valence-electron chi connectivity index (χ1n) is 10.5. The Labute approximate surface area is 190 Å². The molecule has 4 rings (SSSR count). The molecule has 31 heavy (non-hydrogen) atoms. The van der Waals surface area contributed by atoms with E-state index in [1.54, 1.807) is 25.6 Å². The Bertz CT molecular complexity index is 1070. The van der Waals surface area contributed by atoms with Crippen molar-refractivity contribution >= 4 is 38.0 Å². The van der Waals surface area contributed by atoms with E-state index in [0.29, 0.717) is 11.8 Å². The van der Waals surface area contributed by atoms with Crippen LogP contribution in [0.1, 0.15) is 17.5 Å². The molecule has 0 bridgehead atoms. The molecule has 2 N–H and O–H groups in total.